The molecule has 3 aliphatic heterocycles. The Labute approximate surface area is 148 Å². The summed E-state index contributed by atoms with van der Waals surface area (Å²) in [5.74, 6) is 0.163. The maximum Gasteiger partial charge on any atom is 0.246 e. The van der Waals surface area contributed by atoms with Crippen molar-refractivity contribution in [3.8, 4) is 0 Å². The monoisotopic (exact) mass is 362 g/mol. The van der Waals surface area contributed by atoms with E-state index in [4.69, 9.17) is 4.74 Å². The fraction of sp³-hybridized carbons (Fsp3) is 0.733. The van der Waals surface area contributed by atoms with Gasteiger partial charge in [0.1, 0.15) is 6.04 Å². The fourth-order valence-corrected chi connectivity index (χ4v) is 3.89. The first-order valence-corrected chi connectivity index (χ1v) is 7.96. The van der Waals surface area contributed by atoms with Crippen molar-refractivity contribution in [2.24, 2.45) is 0 Å². The molecule has 4 heterocycles. The van der Waals surface area contributed by atoms with Gasteiger partial charge in [0.2, 0.25) is 5.91 Å². The number of hydrogen-bond acceptors (Lipinski definition) is 4. The van der Waals surface area contributed by atoms with Crippen molar-refractivity contribution in [3.05, 3.63) is 17.7 Å². The van der Waals surface area contributed by atoms with E-state index in [1.54, 1.807) is 6.33 Å². The largest absolute Gasteiger partial charge is 0.375 e. The number of fused-ring (bicyclic) bond motifs is 1. The number of rotatable bonds is 1. The summed E-state index contributed by atoms with van der Waals surface area (Å²) in [6.45, 7) is 3.31. The lowest BCUT2D eigenvalue weighted by Crippen LogP contribution is -2.50. The predicted molar refractivity (Wildman–Crippen MR) is 91.3 cm³/mol. The SMILES string of the molecule is Cl.Cl.O=C(C1NCCc2[nH]cnc21)N1CCC2(CCCO2)CC1. The van der Waals surface area contributed by atoms with Crippen molar-refractivity contribution >= 4 is 30.7 Å². The van der Waals surface area contributed by atoms with Crippen LogP contribution in [0.15, 0.2) is 6.33 Å². The number of piperidine rings is 1. The molecule has 2 fully saturated rings. The molecule has 1 unspecified atom stereocenters. The number of hydrogen-bond donors (Lipinski definition) is 2. The molecule has 1 amide bonds. The van der Waals surface area contributed by atoms with Crippen molar-refractivity contribution in [3.63, 3.8) is 0 Å². The average Bonchev–Trinajstić information content (AvgIpc) is 3.16. The van der Waals surface area contributed by atoms with Crippen molar-refractivity contribution < 1.29 is 9.53 Å². The van der Waals surface area contributed by atoms with Gasteiger partial charge in [-0.25, -0.2) is 4.98 Å². The second-order valence-electron chi connectivity index (χ2n) is 6.36. The number of likely N-dealkylation sites (tertiary alicyclic amines) is 1. The standard InChI is InChI=1S/C15H22N4O2.2ClH/c20-14(13-12-11(2-6-16-13)17-10-18-12)19-7-4-15(5-8-19)3-1-9-21-15;;/h10,13,16H,1-9H2,(H,17,18);2*1H. The Kier molecular flexibility index (Phi) is 5.94. The summed E-state index contributed by atoms with van der Waals surface area (Å²) in [5.41, 5.74) is 2.04. The first-order valence-electron chi connectivity index (χ1n) is 7.96. The van der Waals surface area contributed by atoms with Crippen LogP contribution in [0.3, 0.4) is 0 Å². The Morgan fingerprint density at radius 3 is 2.78 bits per heavy atom. The number of amides is 1. The lowest BCUT2D eigenvalue weighted by atomic mass is 9.88. The maximum atomic E-state index is 12.8. The summed E-state index contributed by atoms with van der Waals surface area (Å²) in [7, 11) is 0. The minimum atomic E-state index is -0.279. The summed E-state index contributed by atoms with van der Waals surface area (Å²) < 4.78 is 5.93. The van der Waals surface area contributed by atoms with Crippen molar-refractivity contribution in [2.75, 3.05) is 26.2 Å². The molecule has 1 atom stereocenters. The zero-order valence-electron chi connectivity index (χ0n) is 13.0. The number of nitrogens with one attached hydrogen (secondary N) is 2. The Bertz CT molecular complexity index is 535. The first kappa shape index (κ1) is 18.5. The van der Waals surface area contributed by atoms with Gasteiger partial charge in [0, 0.05) is 38.4 Å². The molecule has 2 saturated heterocycles. The van der Waals surface area contributed by atoms with Crippen LogP contribution in [0.5, 0.6) is 0 Å². The molecule has 23 heavy (non-hydrogen) atoms. The van der Waals surface area contributed by atoms with Gasteiger partial charge in [0.15, 0.2) is 0 Å². The van der Waals surface area contributed by atoms with Crippen LogP contribution in [0.25, 0.3) is 0 Å². The zero-order chi connectivity index (χ0) is 14.3. The average molecular weight is 363 g/mol. The lowest BCUT2D eigenvalue weighted by Gasteiger charge is -2.40. The van der Waals surface area contributed by atoms with E-state index in [1.807, 2.05) is 4.90 Å². The van der Waals surface area contributed by atoms with Crippen LogP contribution in [-0.2, 0) is 16.0 Å². The number of H-pyrrole nitrogens is 1. The summed E-state index contributed by atoms with van der Waals surface area (Å²) in [6.07, 6.45) is 6.86. The first-order chi connectivity index (χ1) is 10.3. The summed E-state index contributed by atoms with van der Waals surface area (Å²) in [4.78, 5) is 22.2. The number of aromatic amines is 1. The molecule has 0 bridgehead atoms. The third kappa shape index (κ3) is 3.36. The number of nitrogens with zero attached hydrogens (tertiary/aromatic N) is 2. The Morgan fingerprint density at radius 1 is 1.30 bits per heavy atom. The fourth-order valence-electron chi connectivity index (χ4n) is 3.89. The van der Waals surface area contributed by atoms with Crippen LogP contribution in [0.1, 0.15) is 43.1 Å². The highest BCUT2D eigenvalue weighted by Crippen LogP contribution is 2.36. The van der Waals surface area contributed by atoms with E-state index in [1.165, 1.54) is 0 Å². The Morgan fingerprint density at radius 2 is 2.09 bits per heavy atom. The second kappa shape index (κ2) is 7.38. The van der Waals surface area contributed by atoms with Crippen LogP contribution in [-0.4, -0.2) is 52.6 Å². The quantitative estimate of drug-likeness (QED) is 0.796. The highest BCUT2D eigenvalue weighted by Gasteiger charge is 2.41. The maximum absolute atomic E-state index is 12.8. The van der Waals surface area contributed by atoms with Gasteiger partial charge in [0.05, 0.1) is 17.6 Å². The molecule has 0 saturated carbocycles. The number of ether oxygens (including phenoxy) is 1. The highest BCUT2D eigenvalue weighted by atomic mass is 35.5. The van der Waals surface area contributed by atoms with Gasteiger partial charge < -0.3 is 19.9 Å². The molecular weight excluding hydrogens is 339 g/mol. The van der Waals surface area contributed by atoms with Crippen LogP contribution in [0.4, 0.5) is 0 Å². The molecule has 0 aliphatic carbocycles. The zero-order valence-corrected chi connectivity index (χ0v) is 14.7. The van der Waals surface area contributed by atoms with E-state index in [-0.39, 0.29) is 42.4 Å². The molecule has 1 aromatic rings. The number of aromatic nitrogens is 2. The van der Waals surface area contributed by atoms with Gasteiger partial charge in [-0.3, -0.25) is 4.79 Å². The second-order valence-corrected chi connectivity index (χ2v) is 6.36. The lowest BCUT2D eigenvalue weighted by molar-refractivity contribution is -0.138. The minimum absolute atomic E-state index is 0. The van der Waals surface area contributed by atoms with E-state index < -0.39 is 0 Å². The summed E-state index contributed by atoms with van der Waals surface area (Å²) >= 11 is 0. The van der Waals surface area contributed by atoms with E-state index >= 15 is 0 Å². The van der Waals surface area contributed by atoms with Gasteiger partial charge in [-0.05, 0) is 25.7 Å². The molecular formula is C15H24Cl2N4O2. The van der Waals surface area contributed by atoms with Gasteiger partial charge >= 0.3 is 0 Å². The van der Waals surface area contributed by atoms with E-state index in [9.17, 15) is 4.79 Å². The van der Waals surface area contributed by atoms with Crippen LogP contribution in [0.2, 0.25) is 0 Å². The molecule has 2 N–H and O–H groups in total. The Hall–Kier alpha value is -0.820. The van der Waals surface area contributed by atoms with E-state index in [2.05, 4.69) is 15.3 Å². The Balaban J connectivity index is 0.000000960. The van der Waals surface area contributed by atoms with Gasteiger partial charge in [-0.15, -0.1) is 24.8 Å². The van der Waals surface area contributed by atoms with Crippen molar-refractivity contribution in [2.45, 2.75) is 43.7 Å². The smallest absolute Gasteiger partial charge is 0.246 e. The molecule has 8 heteroatoms. The third-order valence-electron chi connectivity index (χ3n) is 5.17. The van der Waals surface area contributed by atoms with Crippen molar-refractivity contribution in [1.29, 1.82) is 0 Å². The van der Waals surface area contributed by atoms with Gasteiger partial charge in [0.25, 0.3) is 0 Å². The number of imidazole rings is 1. The van der Waals surface area contributed by atoms with Crippen LogP contribution in [0, 0.1) is 0 Å². The topological polar surface area (TPSA) is 70.2 Å². The third-order valence-corrected chi connectivity index (χ3v) is 5.17. The van der Waals surface area contributed by atoms with Crippen LogP contribution < -0.4 is 5.32 Å². The van der Waals surface area contributed by atoms with E-state index in [0.717, 1.165) is 69.7 Å². The molecule has 3 aliphatic rings. The minimum Gasteiger partial charge on any atom is -0.375 e. The molecule has 1 spiro atoms. The number of carbonyl (C=O) groups excluding carboxylic acids is 1. The van der Waals surface area contributed by atoms with E-state index in [0.29, 0.717) is 0 Å². The molecule has 0 radical (unpaired) electrons. The predicted octanol–water partition coefficient (Wildman–Crippen LogP) is 1.61. The van der Waals surface area contributed by atoms with Crippen LogP contribution >= 0.6 is 24.8 Å². The summed E-state index contributed by atoms with van der Waals surface area (Å²) in [5, 5.41) is 3.31. The molecule has 0 aromatic carbocycles. The van der Waals surface area contributed by atoms with Gasteiger partial charge in [-0.1, -0.05) is 0 Å². The van der Waals surface area contributed by atoms with Gasteiger partial charge in [-0.2, -0.15) is 0 Å². The molecule has 1 aromatic heterocycles. The highest BCUT2D eigenvalue weighted by molar-refractivity contribution is 5.85. The normalized spacial score (nSPS) is 25.4. The summed E-state index contributed by atoms with van der Waals surface area (Å²) in [6, 6.07) is -0.279. The number of carbonyl (C=O) groups is 1. The molecule has 6 nitrogen and oxygen atoms in total. The van der Waals surface area contributed by atoms with Crippen molar-refractivity contribution in [1.82, 2.24) is 20.2 Å². The number of halogens is 2. The molecule has 130 valence electrons. The molecule has 4 rings (SSSR count).